The first-order valence-electron chi connectivity index (χ1n) is 8.56. The number of hydrogen-bond acceptors (Lipinski definition) is 4. The minimum Gasteiger partial charge on any atom is -0.493 e. The van der Waals surface area contributed by atoms with Gasteiger partial charge in [0, 0.05) is 37.3 Å². The molecule has 3 rings (SSSR count). The molecule has 0 bridgehead atoms. The molecule has 1 fully saturated rings. The Morgan fingerprint density at radius 2 is 1.60 bits per heavy atom. The SMILES string of the molecule is COc1cc(Cl)c(C(c2ccc(C)cc2)N2CCNCC2)cc1OC. The molecule has 1 heterocycles. The van der Waals surface area contributed by atoms with E-state index in [9.17, 15) is 0 Å². The van der Waals surface area contributed by atoms with Gasteiger partial charge >= 0.3 is 0 Å². The lowest BCUT2D eigenvalue weighted by Crippen LogP contribution is -2.45. The van der Waals surface area contributed by atoms with Gasteiger partial charge < -0.3 is 14.8 Å². The fourth-order valence-corrected chi connectivity index (χ4v) is 3.61. The van der Waals surface area contributed by atoms with E-state index in [4.69, 9.17) is 21.1 Å². The highest BCUT2D eigenvalue weighted by Crippen LogP contribution is 2.40. The van der Waals surface area contributed by atoms with Crippen LogP contribution in [0.2, 0.25) is 5.02 Å². The highest BCUT2D eigenvalue weighted by atomic mass is 35.5. The summed E-state index contributed by atoms with van der Waals surface area (Å²) in [6.07, 6.45) is 0. The van der Waals surface area contributed by atoms with E-state index in [1.54, 1.807) is 14.2 Å². The molecule has 2 aromatic rings. The van der Waals surface area contributed by atoms with Gasteiger partial charge in [0.05, 0.1) is 20.3 Å². The zero-order valence-electron chi connectivity index (χ0n) is 15.0. The molecular formula is C20H25ClN2O2. The van der Waals surface area contributed by atoms with Crippen molar-refractivity contribution in [3.63, 3.8) is 0 Å². The Labute approximate surface area is 154 Å². The monoisotopic (exact) mass is 360 g/mol. The molecule has 134 valence electrons. The third kappa shape index (κ3) is 3.92. The molecule has 1 N–H and O–H groups in total. The summed E-state index contributed by atoms with van der Waals surface area (Å²) in [5.41, 5.74) is 3.54. The summed E-state index contributed by atoms with van der Waals surface area (Å²) in [7, 11) is 3.28. The Morgan fingerprint density at radius 1 is 1.00 bits per heavy atom. The van der Waals surface area contributed by atoms with E-state index < -0.39 is 0 Å². The van der Waals surface area contributed by atoms with Gasteiger partial charge in [0.15, 0.2) is 11.5 Å². The molecule has 1 atom stereocenters. The number of hydrogen-bond donors (Lipinski definition) is 1. The van der Waals surface area contributed by atoms with Gasteiger partial charge in [-0.15, -0.1) is 0 Å². The minimum absolute atomic E-state index is 0.0926. The third-order valence-corrected chi connectivity index (χ3v) is 5.03. The van der Waals surface area contributed by atoms with Crippen LogP contribution in [0.15, 0.2) is 36.4 Å². The second kappa shape index (κ2) is 8.09. The van der Waals surface area contributed by atoms with Crippen LogP contribution < -0.4 is 14.8 Å². The largest absolute Gasteiger partial charge is 0.493 e. The van der Waals surface area contributed by atoms with Crippen molar-refractivity contribution in [3.8, 4) is 11.5 Å². The maximum atomic E-state index is 6.65. The summed E-state index contributed by atoms with van der Waals surface area (Å²) in [5.74, 6) is 1.35. The van der Waals surface area contributed by atoms with Gasteiger partial charge in [-0.25, -0.2) is 0 Å². The summed E-state index contributed by atoms with van der Waals surface area (Å²) in [6.45, 7) is 6.01. The molecule has 2 aromatic carbocycles. The predicted octanol–water partition coefficient (Wildman–Crippen LogP) is 3.66. The van der Waals surface area contributed by atoms with Gasteiger partial charge in [-0.1, -0.05) is 41.4 Å². The Balaban J connectivity index is 2.09. The molecule has 1 saturated heterocycles. The molecule has 0 aromatic heterocycles. The molecule has 1 aliphatic rings. The van der Waals surface area contributed by atoms with Crippen molar-refractivity contribution in [1.29, 1.82) is 0 Å². The van der Waals surface area contributed by atoms with Crippen LogP contribution in [0.25, 0.3) is 0 Å². The Hall–Kier alpha value is -1.75. The van der Waals surface area contributed by atoms with Crippen molar-refractivity contribution >= 4 is 11.6 Å². The molecule has 1 unspecified atom stereocenters. The fraction of sp³-hybridized carbons (Fsp3) is 0.400. The van der Waals surface area contributed by atoms with Crippen LogP contribution in [0, 0.1) is 6.92 Å². The van der Waals surface area contributed by atoms with E-state index in [-0.39, 0.29) is 6.04 Å². The maximum absolute atomic E-state index is 6.65. The smallest absolute Gasteiger partial charge is 0.162 e. The second-order valence-corrected chi connectivity index (χ2v) is 6.74. The topological polar surface area (TPSA) is 33.7 Å². The summed E-state index contributed by atoms with van der Waals surface area (Å²) in [6, 6.07) is 12.6. The molecule has 0 radical (unpaired) electrons. The van der Waals surface area contributed by atoms with Gasteiger partial charge in [0.25, 0.3) is 0 Å². The van der Waals surface area contributed by atoms with E-state index in [1.165, 1.54) is 11.1 Å². The number of ether oxygens (including phenoxy) is 2. The van der Waals surface area contributed by atoms with Crippen LogP contribution in [0.5, 0.6) is 11.5 Å². The first-order chi connectivity index (χ1) is 12.1. The minimum atomic E-state index is 0.0926. The van der Waals surface area contributed by atoms with E-state index in [0.29, 0.717) is 16.5 Å². The lowest BCUT2D eigenvalue weighted by molar-refractivity contribution is 0.198. The van der Waals surface area contributed by atoms with E-state index in [1.807, 2.05) is 12.1 Å². The van der Waals surface area contributed by atoms with Crippen LogP contribution in [-0.4, -0.2) is 45.3 Å². The van der Waals surface area contributed by atoms with E-state index in [0.717, 1.165) is 31.7 Å². The maximum Gasteiger partial charge on any atom is 0.162 e. The van der Waals surface area contributed by atoms with Crippen molar-refractivity contribution in [1.82, 2.24) is 10.2 Å². The Kier molecular flexibility index (Phi) is 5.84. The molecule has 0 amide bonds. The third-order valence-electron chi connectivity index (χ3n) is 4.71. The molecule has 1 aliphatic heterocycles. The van der Waals surface area contributed by atoms with Gasteiger partial charge in [0.2, 0.25) is 0 Å². The average Bonchev–Trinajstić information content (AvgIpc) is 2.65. The van der Waals surface area contributed by atoms with Gasteiger partial charge in [-0.2, -0.15) is 0 Å². The summed E-state index contributed by atoms with van der Waals surface area (Å²) >= 11 is 6.65. The van der Waals surface area contributed by atoms with Crippen molar-refractivity contribution in [2.75, 3.05) is 40.4 Å². The van der Waals surface area contributed by atoms with Crippen molar-refractivity contribution in [2.45, 2.75) is 13.0 Å². The van der Waals surface area contributed by atoms with Crippen LogP contribution in [0.3, 0.4) is 0 Å². The first kappa shape index (κ1) is 18.1. The first-order valence-corrected chi connectivity index (χ1v) is 8.94. The molecule has 0 aliphatic carbocycles. The fourth-order valence-electron chi connectivity index (χ4n) is 3.36. The van der Waals surface area contributed by atoms with Gasteiger partial charge in [0.1, 0.15) is 0 Å². The van der Waals surface area contributed by atoms with E-state index in [2.05, 4.69) is 41.4 Å². The number of piperazine rings is 1. The molecule has 0 saturated carbocycles. The highest BCUT2D eigenvalue weighted by molar-refractivity contribution is 6.31. The van der Waals surface area contributed by atoms with Crippen LogP contribution in [-0.2, 0) is 0 Å². The van der Waals surface area contributed by atoms with Crippen LogP contribution >= 0.6 is 11.6 Å². The lowest BCUT2D eigenvalue weighted by atomic mass is 9.95. The number of methoxy groups -OCH3 is 2. The van der Waals surface area contributed by atoms with E-state index >= 15 is 0 Å². The molecule has 0 spiro atoms. The second-order valence-electron chi connectivity index (χ2n) is 6.33. The number of nitrogens with zero attached hydrogens (tertiary/aromatic N) is 1. The summed E-state index contributed by atoms with van der Waals surface area (Å²) in [4.78, 5) is 2.47. The molecule has 4 nitrogen and oxygen atoms in total. The summed E-state index contributed by atoms with van der Waals surface area (Å²) < 4.78 is 10.9. The van der Waals surface area contributed by atoms with Crippen LogP contribution in [0.1, 0.15) is 22.7 Å². The number of aryl methyl sites for hydroxylation is 1. The zero-order valence-corrected chi connectivity index (χ0v) is 15.8. The lowest BCUT2D eigenvalue weighted by Gasteiger charge is -2.36. The Morgan fingerprint density at radius 3 is 2.20 bits per heavy atom. The van der Waals surface area contributed by atoms with Crippen molar-refractivity contribution in [2.24, 2.45) is 0 Å². The zero-order chi connectivity index (χ0) is 17.8. The molecule has 5 heteroatoms. The molecule has 25 heavy (non-hydrogen) atoms. The normalized spacial score (nSPS) is 16.5. The standard InChI is InChI=1S/C20H25ClN2O2/c1-14-4-6-15(7-5-14)20(23-10-8-22-9-11-23)16-12-18(24-2)19(25-3)13-17(16)21/h4-7,12-13,20,22H,8-11H2,1-3H3. The Bertz CT molecular complexity index is 712. The number of nitrogens with one attached hydrogen (secondary N) is 1. The van der Waals surface area contributed by atoms with Gasteiger partial charge in [-0.3, -0.25) is 4.90 Å². The van der Waals surface area contributed by atoms with Crippen LogP contribution in [0.4, 0.5) is 0 Å². The average molecular weight is 361 g/mol. The van der Waals surface area contributed by atoms with Gasteiger partial charge in [-0.05, 0) is 24.1 Å². The predicted molar refractivity (Wildman–Crippen MR) is 102 cm³/mol. The summed E-state index contributed by atoms with van der Waals surface area (Å²) in [5, 5.41) is 4.11. The number of rotatable bonds is 5. The number of halogens is 1. The van der Waals surface area contributed by atoms with Crippen molar-refractivity contribution < 1.29 is 9.47 Å². The van der Waals surface area contributed by atoms with Crippen molar-refractivity contribution in [3.05, 3.63) is 58.1 Å². The number of benzene rings is 2. The molecular weight excluding hydrogens is 336 g/mol. The highest BCUT2D eigenvalue weighted by Gasteiger charge is 2.27. The quantitative estimate of drug-likeness (QED) is 0.882.